The molecule has 0 aromatic heterocycles. The van der Waals surface area contributed by atoms with E-state index in [-0.39, 0.29) is 0 Å². The van der Waals surface area contributed by atoms with E-state index in [1.54, 1.807) is 0 Å². The van der Waals surface area contributed by atoms with Gasteiger partial charge in [0.15, 0.2) is 0 Å². The first-order valence-electron chi connectivity index (χ1n) is 5.59. The summed E-state index contributed by atoms with van der Waals surface area (Å²) in [5, 5.41) is 0. The average molecular weight is 215 g/mol. The molecule has 0 aromatic carbocycles. The molecule has 0 rings (SSSR count). The highest BCUT2D eigenvalue weighted by molar-refractivity contribution is 6.77. The fourth-order valence-corrected chi connectivity index (χ4v) is 5.02. The molecule has 4 heteroatoms. The van der Waals surface area contributed by atoms with Crippen LogP contribution >= 0.6 is 0 Å². The minimum absolute atomic E-state index is 0.988. The molecule has 0 heterocycles. The van der Waals surface area contributed by atoms with Gasteiger partial charge in [0.1, 0.15) is 0 Å². The first-order valence-corrected chi connectivity index (χ1v) is 7.61. The first kappa shape index (κ1) is 13.8. The lowest BCUT2D eigenvalue weighted by Crippen LogP contribution is -2.72. The molecule has 0 spiro atoms. The molecule has 0 atom stereocenters. The van der Waals surface area contributed by atoms with Crippen molar-refractivity contribution in [2.45, 2.75) is 27.7 Å². The van der Waals surface area contributed by atoms with Crippen molar-refractivity contribution < 1.29 is 0 Å². The molecule has 84 valence electrons. The Hall–Kier alpha value is -0.163. The fourth-order valence-electron chi connectivity index (χ4n) is 1.82. The molecule has 0 fully saturated rings. The smallest absolute Gasteiger partial charge is 0.309 e. The Morgan fingerprint density at radius 3 is 1.71 bits per heavy atom. The summed E-state index contributed by atoms with van der Waals surface area (Å²) in [4.78, 5) is 7.17. The van der Waals surface area contributed by atoms with Crippen molar-refractivity contribution >= 4 is 8.56 Å². The lowest BCUT2D eigenvalue weighted by atomic mass is 10.7. The van der Waals surface area contributed by atoms with E-state index < -0.39 is 8.56 Å². The first-order chi connectivity index (χ1) is 6.70. The maximum Gasteiger partial charge on any atom is 0.309 e. The summed E-state index contributed by atoms with van der Waals surface area (Å²) in [6, 6.07) is 0. The zero-order valence-electron chi connectivity index (χ0n) is 10.1. The second-order valence-electron chi connectivity index (χ2n) is 3.20. The van der Waals surface area contributed by atoms with Crippen molar-refractivity contribution in [2.75, 3.05) is 26.2 Å². The van der Waals surface area contributed by atoms with E-state index >= 15 is 0 Å². The van der Waals surface area contributed by atoms with Crippen molar-refractivity contribution in [1.82, 2.24) is 14.5 Å². The molecule has 0 amide bonds. The minimum Gasteiger partial charge on any atom is -0.310 e. The van der Waals surface area contributed by atoms with Crippen LogP contribution in [0.1, 0.15) is 27.7 Å². The zero-order valence-corrected chi connectivity index (χ0v) is 11.1. The Labute approximate surface area is 89.8 Å². The van der Waals surface area contributed by atoms with Crippen LogP contribution in [0.3, 0.4) is 0 Å². The topological polar surface area (TPSA) is 27.3 Å². The van der Waals surface area contributed by atoms with Crippen molar-refractivity contribution in [1.29, 1.82) is 0 Å². The Balaban J connectivity index is 4.68. The van der Waals surface area contributed by atoms with Crippen LogP contribution < -0.4 is 9.96 Å². The van der Waals surface area contributed by atoms with Crippen LogP contribution in [0.5, 0.6) is 0 Å². The van der Waals surface area contributed by atoms with E-state index in [0.717, 1.165) is 26.2 Å². The number of hydrogen-bond acceptors (Lipinski definition) is 3. The molecule has 14 heavy (non-hydrogen) atoms. The van der Waals surface area contributed by atoms with E-state index in [4.69, 9.17) is 0 Å². The quantitative estimate of drug-likeness (QED) is 0.596. The standard InChI is InChI=1S/C10H25N3Si/c1-6-11-14(10-5,12-7-2)13(8-3)9-4/h10-12H,5-9H2,1-4H3. The molecule has 0 saturated carbocycles. The summed E-state index contributed by atoms with van der Waals surface area (Å²) in [6.07, 6.45) is 0. The molecular weight excluding hydrogens is 190 g/mol. The maximum atomic E-state index is 3.98. The van der Waals surface area contributed by atoms with Gasteiger partial charge in [-0.3, -0.25) is 4.57 Å². The van der Waals surface area contributed by atoms with Gasteiger partial charge >= 0.3 is 8.56 Å². The van der Waals surface area contributed by atoms with E-state index in [1.807, 2.05) is 0 Å². The van der Waals surface area contributed by atoms with Gasteiger partial charge in [0, 0.05) is 0 Å². The minimum atomic E-state index is -1.80. The summed E-state index contributed by atoms with van der Waals surface area (Å²) in [5.74, 6) is 0. The Kier molecular flexibility index (Phi) is 7.09. The fraction of sp³-hybridized carbons (Fsp3) is 0.800. The van der Waals surface area contributed by atoms with Gasteiger partial charge in [-0.15, -0.1) is 6.58 Å². The third-order valence-corrected chi connectivity index (χ3v) is 6.46. The lowest BCUT2D eigenvalue weighted by molar-refractivity contribution is 0.441. The lowest BCUT2D eigenvalue weighted by Gasteiger charge is -2.38. The van der Waals surface area contributed by atoms with E-state index in [2.05, 4.69) is 54.5 Å². The normalized spacial score (nSPS) is 12.1. The number of nitrogens with one attached hydrogen (secondary N) is 2. The van der Waals surface area contributed by atoms with Crippen LogP contribution in [0.25, 0.3) is 0 Å². The molecule has 2 N–H and O–H groups in total. The van der Waals surface area contributed by atoms with Crippen molar-refractivity contribution in [3.05, 3.63) is 12.3 Å². The Morgan fingerprint density at radius 2 is 1.50 bits per heavy atom. The second-order valence-corrected chi connectivity index (χ2v) is 6.48. The van der Waals surface area contributed by atoms with Crippen LogP contribution in [-0.2, 0) is 0 Å². The zero-order chi connectivity index (χ0) is 11.0. The van der Waals surface area contributed by atoms with Crippen molar-refractivity contribution in [3.63, 3.8) is 0 Å². The highest BCUT2D eigenvalue weighted by Gasteiger charge is 2.34. The molecule has 0 saturated heterocycles. The van der Waals surface area contributed by atoms with Crippen molar-refractivity contribution in [3.8, 4) is 0 Å². The molecule has 0 radical (unpaired) electrons. The predicted octanol–water partition coefficient (Wildman–Crippen LogP) is 1.21. The van der Waals surface area contributed by atoms with Crippen LogP contribution in [0.15, 0.2) is 12.3 Å². The molecular formula is C10H25N3Si. The third kappa shape index (κ3) is 3.20. The van der Waals surface area contributed by atoms with E-state index in [1.165, 1.54) is 0 Å². The van der Waals surface area contributed by atoms with E-state index in [0.29, 0.717) is 0 Å². The molecule has 0 bridgehead atoms. The average Bonchev–Trinajstić information content (AvgIpc) is 2.20. The molecule has 3 nitrogen and oxygen atoms in total. The summed E-state index contributed by atoms with van der Waals surface area (Å²) in [6.45, 7) is 16.8. The van der Waals surface area contributed by atoms with Gasteiger partial charge in [0.2, 0.25) is 0 Å². The number of rotatable bonds is 8. The summed E-state index contributed by atoms with van der Waals surface area (Å²) < 4.78 is 2.47. The number of hydrogen-bond donors (Lipinski definition) is 2. The van der Waals surface area contributed by atoms with Crippen LogP contribution in [0, 0.1) is 0 Å². The van der Waals surface area contributed by atoms with Crippen molar-refractivity contribution in [2.24, 2.45) is 0 Å². The monoisotopic (exact) mass is 215 g/mol. The second kappa shape index (κ2) is 7.17. The van der Waals surface area contributed by atoms with Gasteiger partial charge < -0.3 is 9.96 Å². The highest BCUT2D eigenvalue weighted by Crippen LogP contribution is 2.03. The SMILES string of the molecule is C=C[Si](NCC)(NCC)N(CC)CC. The van der Waals surface area contributed by atoms with Gasteiger partial charge in [0.25, 0.3) is 0 Å². The predicted molar refractivity (Wildman–Crippen MR) is 66.2 cm³/mol. The summed E-state index contributed by atoms with van der Waals surface area (Å²) in [7, 11) is -1.80. The molecule has 0 aliphatic heterocycles. The van der Waals surface area contributed by atoms with Gasteiger partial charge in [-0.25, -0.2) is 0 Å². The van der Waals surface area contributed by atoms with Gasteiger partial charge in [-0.2, -0.15) is 0 Å². The largest absolute Gasteiger partial charge is 0.310 e. The highest BCUT2D eigenvalue weighted by atomic mass is 28.4. The summed E-state index contributed by atoms with van der Waals surface area (Å²) in [5.41, 5.74) is 2.09. The van der Waals surface area contributed by atoms with E-state index in [9.17, 15) is 0 Å². The Morgan fingerprint density at radius 1 is 1.07 bits per heavy atom. The molecule has 0 aromatic rings. The third-order valence-electron chi connectivity index (χ3n) is 2.45. The maximum absolute atomic E-state index is 3.98. The van der Waals surface area contributed by atoms with Gasteiger partial charge in [0.05, 0.1) is 0 Å². The molecule has 0 unspecified atom stereocenters. The van der Waals surface area contributed by atoms with Gasteiger partial charge in [-0.1, -0.05) is 33.4 Å². The summed E-state index contributed by atoms with van der Waals surface area (Å²) >= 11 is 0. The van der Waals surface area contributed by atoms with Crippen LogP contribution in [0.2, 0.25) is 0 Å². The molecule has 0 aliphatic rings. The van der Waals surface area contributed by atoms with Crippen LogP contribution in [-0.4, -0.2) is 39.3 Å². The number of nitrogens with zero attached hydrogens (tertiary/aromatic N) is 1. The molecule has 0 aliphatic carbocycles. The van der Waals surface area contributed by atoms with Gasteiger partial charge in [-0.05, 0) is 26.2 Å². The van der Waals surface area contributed by atoms with Crippen LogP contribution in [0.4, 0.5) is 0 Å². The Bertz CT molecular complexity index is 151.